The summed E-state index contributed by atoms with van der Waals surface area (Å²) in [6.07, 6.45) is 1.42. The molecule has 0 radical (unpaired) electrons. The number of hydrogen-bond donors (Lipinski definition) is 0. The van der Waals surface area contributed by atoms with Gasteiger partial charge in [0.25, 0.3) is 0 Å². The Hall–Kier alpha value is -1.74. The molecular formula is C11H12N2O3S. The molecule has 1 aliphatic rings. The SMILES string of the molecule is C=CCOC(=O)C(C#N)=C1SCC(=O)N1CC. The maximum atomic E-state index is 11.6. The third-order valence-electron chi connectivity index (χ3n) is 2.06. The molecule has 5 nitrogen and oxygen atoms in total. The van der Waals surface area contributed by atoms with Crippen LogP contribution in [-0.2, 0) is 14.3 Å². The third kappa shape index (κ3) is 2.88. The van der Waals surface area contributed by atoms with E-state index in [4.69, 9.17) is 10.00 Å². The molecule has 0 aromatic rings. The van der Waals surface area contributed by atoms with Gasteiger partial charge in [-0.25, -0.2) is 4.79 Å². The van der Waals surface area contributed by atoms with E-state index in [1.807, 2.05) is 0 Å². The summed E-state index contributed by atoms with van der Waals surface area (Å²) in [5.41, 5.74) is -0.121. The fourth-order valence-corrected chi connectivity index (χ4v) is 2.39. The van der Waals surface area contributed by atoms with E-state index in [0.29, 0.717) is 11.6 Å². The monoisotopic (exact) mass is 252 g/mol. The molecule has 1 rings (SSSR count). The number of esters is 1. The molecule has 0 atom stereocenters. The number of carbonyl (C=O) groups excluding carboxylic acids is 2. The minimum absolute atomic E-state index is 0.0437. The summed E-state index contributed by atoms with van der Waals surface area (Å²) in [6, 6.07) is 1.79. The van der Waals surface area contributed by atoms with Crippen molar-refractivity contribution in [2.24, 2.45) is 0 Å². The molecule has 1 aliphatic heterocycles. The summed E-state index contributed by atoms with van der Waals surface area (Å²) in [5.74, 6) is -0.567. The van der Waals surface area contributed by atoms with Crippen LogP contribution in [0.2, 0.25) is 0 Å². The molecule has 0 saturated carbocycles. The van der Waals surface area contributed by atoms with Gasteiger partial charge in [-0.05, 0) is 6.92 Å². The first-order valence-corrected chi connectivity index (χ1v) is 5.99. The lowest BCUT2D eigenvalue weighted by molar-refractivity contribution is -0.137. The zero-order chi connectivity index (χ0) is 12.8. The molecule has 90 valence electrons. The Morgan fingerprint density at radius 1 is 1.76 bits per heavy atom. The van der Waals surface area contributed by atoms with Crippen molar-refractivity contribution in [2.45, 2.75) is 6.92 Å². The molecule has 1 heterocycles. The smallest absolute Gasteiger partial charge is 0.351 e. The Kier molecular flexibility index (Phi) is 4.79. The molecule has 1 amide bonds. The van der Waals surface area contributed by atoms with Crippen LogP contribution in [0.4, 0.5) is 0 Å². The lowest BCUT2D eigenvalue weighted by Gasteiger charge is -2.14. The summed E-state index contributed by atoms with van der Waals surface area (Å²) in [7, 11) is 0. The van der Waals surface area contributed by atoms with Gasteiger partial charge in [-0.15, -0.1) is 0 Å². The predicted molar refractivity (Wildman–Crippen MR) is 63.6 cm³/mol. The van der Waals surface area contributed by atoms with Gasteiger partial charge in [0.05, 0.1) is 5.75 Å². The number of thioether (sulfide) groups is 1. The van der Waals surface area contributed by atoms with Gasteiger partial charge in [0, 0.05) is 6.54 Å². The van der Waals surface area contributed by atoms with Crippen LogP contribution in [0.25, 0.3) is 0 Å². The van der Waals surface area contributed by atoms with Crippen molar-refractivity contribution >= 4 is 23.6 Å². The second-order valence-electron chi connectivity index (χ2n) is 3.11. The van der Waals surface area contributed by atoms with Crippen LogP contribution in [0.15, 0.2) is 23.3 Å². The Morgan fingerprint density at radius 2 is 2.47 bits per heavy atom. The Balaban J connectivity index is 2.99. The molecule has 0 unspecified atom stereocenters. The molecule has 0 aliphatic carbocycles. The molecule has 0 aromatic heterocycles. The van der Waals surface area contributed by atoms with Crippen LogP contribution in [0.1, 0.15) is 6.92 Å². The highest BCUT2D eigenvalue weighted by atomic mass is 32.2. The molecule has 6 heteroatoms. The van der Waals surface area contributed by atoms with Gasteiger partial charge < -0.3 is 9.64 Å². The zero-order valence-electron chi connectivity index (χ0n) is 9.43. The van der Waals surface area contributed by atoms with E-state index in [9.17, 15) is 9.59 Å². The van der Waals surface area contributed by atoms with Gasteiger partial charge in [-0.1, -0.05) is 24.4 Å². The van der Waals surface area contributed by atoms with E-state index in [-0.39, 0.29) is 23.8 Å². The van der Waals surface area contributed by atoms with Crippen molar-refractivity contribution in [2.75, 3.05) is 18.9 Å². The van der Waals surface area contributed by atoms with E-state index in [1.54, 1.807) is 13.0 Å². The molecule has 1 saturated heterocycles. The minimum atomic E-state index is -0.719. The van der Waals surface area contributed by atoms with Crippen LogP contribution >= 0.6 is 11.8 Å². The lowest BCUT2D eigenvalue weighted by atomic mass is 10.3. The van der Waals surface area contributed by atoms with Gasteiger partial charge in [0.2, 0.25) is 5.91 Å². The van der Waals surface area contributed by atoms with E-state index < -0.39 is 5.97 Å². The predicted octanol–water partition coefficient (Wildman–Crippen LogP) is 1.05. The molecule has 0 bridgehead atoms. The Labute approximate surface area is 104 Å². The summed E-state index contributed by atoms with van der Waals surface area (Å²) in [6.45, 7) is 5.67. The van der Waals surface area contributed by atoms with E-state index >= 15 is 0 Å². The molecule has 0 N–H and O–H groups in total. The van der Waals surface area contributed by atoms with Crippen molar-refractivity contribution < 1.29 is 14.3 Å². The van der Waals surface area contributed by atoms with Crippen LogP contribution in [-0.4, -0.2) is 35.7 Å². The maximum Gasteiger partial charge on any atom is 0.351 e. The number of nitriles is 1. The Morgan fingerprint density at radius 3 is 3.00 bits per heavy atom. The van der Waals surface area contributed by atoms with Crippen molar-refractivity contribution in [1.82, 2.24) is 4.90 Å². The first-order chi connectivity index (χ1) is 8.15. The highest BCUT2D eigenvalue weighted by Crippen LogP contribution is 2.31. The van der Waals surface area contributed by atoms with Crippen LogP contribution in [0.3, 0.4) is 0 Å². The largest absolute Gasteiger partial charge is 0.457 e. The average Bonchev–Trinajstić information content (AvgIpc) is 2.69. The fourth-order valence-electron chi connectivity index (χ4n) is 1.31. The third-order valence-corrected chi connectivity index (χ3v) is 3.15. The average molecular weight is 252 g/mol. The highest BCUT2D eigenvalue weighted by Gasteiger charge is 2.31. The Bertz CT molecular complexity index is 423. The molecule has 0 aromatic carbocycles. The lowest BCUT2D eigenvalue weighted by Crippen LogP contribution is -2.26. The van der Waals surface area contributed by atoms with Crippen molar-refractivity contribution in [1.29, 1.82) is 5.26 Å². The fraction of sp³-hybridized carbons (Fsp3) is 0.364. The second-order valence-corrected chi connectivity index (χ2v) is 4.07. The van der Waals surface area contributed by atoms with Gasteiger partial charge >= 0.3 is 5.97 Å². The first kappa shape index (κ1) is 13.3. The number of hydrogen-bond acceptors (Lipinski definition) is 5. The molecular weight excluding hydrogens is 240 g/mol. The summed E-state index contributed by atoms with van der Waals surface area (Å²) in [4.78, 5) is 24.5. The summed E-state index contributed by atoms with van der Waals surface area (Å²) >= 11 is 1.18. The minimum Gasteiger partial charge on any atom is -0.457 e. The molecule has 0 spiro atoms. The van der Waals surface area contributed by atoms with Gasteiger partial charge in [-0.3, -0.25) is 4.79 Å². The number of nitrogens with zero attached hydrogens (tertiary/aromatic N) is 2. The van der Waals surface area contributed by atoms with E-state index in [2.05, 4.69) is 6.58 Å². The highest BCUT2D eigenvalue weighted by molar-refractivity contribution is 8.04. The van der Waals surface area contributed by atoms with Crippen molar-refractivity contribution in [3.05, 3.63) is 23.3 Å². The standard InChI is InChI=1S/C11H12N2O3S/c1-3-5-16-11(15)8(6-12)10-13(4-2)9(14)7-17-10/h3H,1,4-5,7H2,2H3. The second kappa shape index (κ2) is 6.11. The van der Waals surface area contributed by atoms with Crippen molar-refractivity contribution in [3.8, 4) is 6.07 Å². The molecule has 17 heavy (non-hydrogen) atoms. The normalized spacial score (nSPS) is 17.6. The van der Waals surface area contributed by atoms with Gasteiger partial charge in [0.1, 0.15) is 17.7 Å². The zero-order valence-corrected chi connectivity index (χ0v) is 10.2. The number of ether oxygens (including phenoxy) is 1. The number of rotatable bonds is 4. The number of carbonyl (C=O) groups is 2. The van der Waals surface area contributed by atoms with Gasteiger partial charge in [0.15, 0.2) is 5.57 Å². The number of amides is 1. The van der Waals surface area contributed by atoms with Crippen LogP contribution < -0.4 is 0 Å². The van der Waals surface area contributed by atoms with Crippen LogP contribution in [0, 0.1) is 11.3 Å². The maximum absolute atomic E-state index is 11.6. The van der Waals surface area contributed by atoms with E-state index in [1.165, 1.54) is 22.7 Å². The molecule has 1 fully saturated rings. The summed E-state index contributed by atoms with van der Waals surface area (Å²) < 4.78 is 4.80. The topological polar surface area (TPSA) is 70.4 Å². The summed E-state index contributed by atoms with van der Waals surface area (Å²) in [5, 5.41) is 9.35. The first-order valence-electron chi connectivity index (χ1n) is 5.01. The van der Waals surface area contributed by atoms with Crippen LogP contribution in [0.5, 0.6) is 0 Å². The quantitative estimate of drug-likeness (QED) is 0.323. The van der Waals surface area contributed by atoms with Crippen molar-refractivity contribution in [3.63, 3.8) is 0 Å². The van der Waals surface area contributed by atoms with E-state index in [0.717, 1.165) is 0 Å². The van der Waals surface area contributed by atoms with Gasteiger partial charge in [-0.2, -0.15) is 5.26 Å².